The number of allylic oxidation sites excluding steroid dienone is 1. The molecule has 0 spiro atoms. The quantitative estimate of drug-likeness (QED) is 0.468. The molecule has 1 unspecified atom stereocenters. The van der Waals surface area contributed by atoms with Crippen molar-refractivity contribution in [3.63, 3.8) is 0 Å². The highest BCUT2D eigenvalue weighted by Gasteiger charge is 2.34. The Kier molecular flexibility index (Phi) is 4.55. The van der Waals surface area contributed by atoms with Gasteiger partial charge in [-0.05, 0) is 29.5 Å². The summed E-state index contributed by atoms with van der Waals surface area (Å²) in [7, 11) is 1.52. The lowest BCUT2D eigenvalue weighted by Crippen LogP contribution is -2.21. The van der Waals surface area contributed by atoms with E-state index >= 15 is 0 Å². The molecule has 0 amide bonds. The first kappa shape index (κ1) is 18.9. The molecule has 12 nitrogen and oxygen atoms in total. The second-order valence-corrected chi connectivity index (χ2v) is 6.56. The van der Waals surface area contributed by atoms with Gasteiger partial charge in [-0.25, -0.2) is 0 Å². The number of nitriles is 1. The topological polar surface area (TPSA) is 171 Å². The van der Waals surface area contributed by atoms with Gasteiger partial charge in [-0.15, -0.1) is 5.10 Å². The van der Waals surface area contributed by atoms with Crippen molar-refractivity contribution in [3.8, 4) is 17.7 Å². The number of benzene rings is 1. The molecule has 152 valence electrons. The van der Waals surface area contributed by atoms with E-state index in [-0.39, 0.29) is 18.0 Å². The highest BCUT2D eigenvalue weighted by atomic mass is 16.6. The van der Waals surface area contributed by atoms with Gasteiger partial charge < -0.3 is 25.3 Å². The highest BCUT2D eigenvalue weighted by Crippen LogP contribution is 2.43. The molecule has 1 aliphatic rings. The van der Waals surface area contributed by atoms with E-state index in [2.05, 4.69) is 26.3 Å². The molecule has 4 rings (SSSR count). The lowest BCUT2D eigenvalue weighted by Gasteiger charge is -2.24. The summed E-state index contributed by atoms with van der Waals surface area (Å²) in [4.78, 5) is 13.8. The van der Waals surface area contributed by atoms with E-state index in [1.54, 1.807) is 6.07 Å². The van der Waals surface area contributed by atoms with Crippen LogP contribution in [0.3, 0.4) is 0 Å². The molecule has 0 bridgehead atoms. The first-order chi connectivity index (χ1) is 14.4. The predicted octanol–water partition coefficient (Wildman–Crippen LogP) is 1.49. The fraction of sp³-hybridized carbons (Fsp3) is 0.222. The molecule has 0 radical (unpaired) electrons. The van der Waals surface area contributed by atoms with Gasteiger partial charge in [-0.2, -0.15) is 9.94 Å². The number of ether oxygens (including phenoxy) is 2. The normalized spacial score (nSPS) is 15.3. The summed E-state index contributed by atoms with van der Waals surface area (Å²) in [6, 6.07) is 7.54. The second-order valence-electron chi connectivity index (χ2n) is 6.56. The maximum absolute atomic E-state index is 10.8. The van der Waals surface area contributed by atoms with Crippen LogP contribution in [-0.2, 0) is 6.54 Å². The van der Waals surface area contributed by atoms with Crippen LogP contribution in [0.2, 0.25) is 0 Å². The third-order valence-corrected chi connectivity index (χ3v) is 4.79. The van der Waals surface area contributed by atoms with Crippen molar-refractivity contribution in [3.05, 3.63) is 68.5 Å². The van der Waals surface area contributed by atoms with Gasteiger partial charge in [0.2, 0.25) is 18.1 Å². The number of hydrogen-bond donors (Lipinski definition) is 2. The van der Waals surface area contributed by atoms with Crippen molar-refractivity contribution >= 4 is 5.95 Å². The lowest BCUT2D eigenvalue weighted by molar-refractivity contribution is -0.394. The molecular weight excluding hydrogens is 392 g/mol. The van der Waals surface area contributed by atoms with E-state index in [0.717, 1.165) is 11.3 Å². The first-order valence-electron chi connectivity index (χ1n) is 8.76. The minimum Gasteiger partial charge on any atom is -0.496 e. The molecule has 1 aliphatic heterocycles. The van der Waals surface area contributed by atoms with Gasteiger partial charge in [0.25, 0.3) is 0 Å². The molecule has 3 heterocycles. The van der Waals surface area contributed by atoms with Crippen molar-refractivity contribution in [2.24, 2.45) is 5.73 Å². The van der Waals surface area contributed by atoms with Gasteiger partial charge in [0.15, 0.2) is 0 Å². The van der Waals surface area contributed by atoms with E-state index in [1.165, 1.54) is 18.1 Å². The number of aryl methyl sites for hydroxylation is 1. The van der Waals surface area contributed by atoms with Crippen LogP contribution in [-0.4, -0.2) is 37.0 Å². The minimum atomic E-state index is -0.665. The Morgan fingerprint density at radius 2 is 2.30 bits per heavy atom. The highest BCUT2D eigenvalue weighted by molar-refractivity contribution is 5.56. The van der Waals surface area contributed by atoms with Gasteiger partial charge in [0.1, 0.15) is 17.4 Å². The number of rotatable bonds is 5. The number of nitrogens with one attached hydrogen (secondary N) is 1. The van der Waals surface area contributed by atoms with Crippen LogP contribution in [0, 0.1) is 28.4 Å². The van der Waals surface area contributed by atoms with Crippen LogP contribution in [0.1, 0.15) is 28.3 Å². The zero-order valence-corrected chi connectivity index (χ0v) is 16.0. The molecular formula is C18H16N8O4. The summed E-state index contributed by atoms with van der Waals surface area (Å²) in [5, 5.41) is 31.4. The number of nitrogens with two attached hydrogens (primary N) is 1. The summed E-state index contributed by atoms with van der Waals surface area (Å²) in [6.45, 7) is 2.01. The van der Waals surface area contributed by atoms with Gasteiger partial charge in [-0.3, -0.25) is 5.10 Å². The summed E-state index contributed by atoms with van der Waals surface area (Å²) in [6.07, 6.45) is 1.27. The van der Waals surface area contributed by atoms with Crippen molar-refractivity contribution < 1.29 is 14.4 Å². The molecule has 30 heavy (non-hydrogen) atoms. The summed E-state index contributed by atoms with van der Waals surface area (Å²) in [5.41, 5.74) is 9.14. The van der Waals surface area contributed by atoms with Crippen LogP contribution in [0.15, 0.2) is 36.0 Å². The third-order valence-electron chi connectivity index (χ3n) is 4.79. The molecule has 3 aromatic rings. The fourth-order valence-corrected chi connectivity index (χ4v) is 3.45. The average molecular weight is 408 g/mol. The first-order valence-corrected chi connectivity index (χ1v) is 8.76. The van der Waals surface area contributed by atoms with E-state index in [9.17, 15) is 15.4 Å². The summed E-state index contributed by atoms with van der Waals surface area (Å²) in [5.74, 6) is -0.115. The Morgan fingerprint density at radius 3 is 2.97 bits per heavy atom. The molecule has 0 fully saturated rings. The van der Waals surface area contributed by atoms with Crippen molar-refractivity contribution in [2.75, 3.05) is 7.11 Å². The monoisotopic (exact) mass is 408 g/mol. The lowest BCUT2D eigenvalue weighted by atomic mass is 9.83. The summed E-state index contributed by atoms with van der Waals surface area (Å²) < 4.78 is 12.3. The largest absolute Gasteiger partial charge is 0.496 e. The Morgan fingerprint density at radius 1 is 1.50 bits per heavy atom. The number of H-pyrrole nitrogens is 1. The standard InChI is InChI=1S/C18H16N8O4/c1-9-14-15(12(6-19)16(20)30-17(14)23-22-9)10-3-4-13(29-2)11(5-10)7-25-8-21-18(24-25)26(27)28/h3-5,8,15H,7,20H2,1-2H3,(H,22,23). The second kappa shape index (κ2) is 7.21. The number of nitro groups is 1. The third kappa shape index (κ3) is 3.08. The average Bonchev–Trinajstić information content (AvgIpc) is 3.34. The van der Waals surface area contributed by atoms with E-state index in [4.69, 9.17) is 15.2 Å². The van der Waals surface area contributed by atoms with Crippen LogP contribution >= 0.6 is 0 Å². The molecule has 1 atom stereocenters. The van der Waals surface area contributed by atoms with Crippen molar-refractivity contribution in [1.29, 1.82) is 5.26 Å². The SMILES string of the molecule is COc1ccc(C2C(C#N)=C(N)Oc3n[nH]c(C)c32)cc1Cn1cnc([N+](=O)[O-])n1. The predicted molar refractivity (Wildman–Crippen MR) is 101 cm³/mol. The van der Waals surface area contributed by atoms with E-state index in [0.29, 0.717) is 22.8 Å². The zero-order valence-electron chi connectivity index (χ0n) is 16.0. The van der Waals surface area contributed by atoms with Gasteiger partial charge in [0.05, 0.1) is 19.6 Å². The maximum atomic E-state index is 10.8. The molecule has 3 N–H and O–H groups in total. The maximum Gasteiger partial charge on any atom is 0.490 e. The van der Waals surface area contributed by atoms with Crippen LogP contribution < -0.4 is 15.2 Å². The fourth-order valence-electron chi connectivity index (χ4n) is 3.45. The smallest absolute Gasteiger partial charge is 0.490 e. The van der Waals surface area contributed by atoms with E-state index < -0.39 is 16.8 Å². The molecule has 0 saturated carbocycles. The van der Waals surface area contributed by atoms with Gasteiger partial charge >= 0.3 is 5.95 Å². The van der Waals surface area contributed by atoms with Crippen LogP contribution in [0.5, 0.6) is 11.6 Å². The Hall–Kier alpha value is -4.40. The number of hydrogen-bond acceptors (Lipinski definition) is 9. The number of nitrogens with zero attached hydrogens (tertiary/aromatic N) is 6. The molecule has 0 saturated heterocycles. The minimum absolute atomic E-state index is 0.00855. The van der Waals surface area contributed by atoms with Crippen LogP contribution in [0.4, 0.5) is 5.95 Å². The number of aromatic amines is 1. The molecule has 0 aliphatic carbocycles. The van der Waals surface area contributed by atoms with Crippen molar-refractivity contribution in [2.45, 2.75) is 19.4 Å². The number of methoxy groups -OCH3 is 1. The summed E-state index contributed by atoms with van der Waals surface area (Å²) >= 11 is 0. The molecule has 2 aromatic heterocycles. The number of aromatic nitrogens is 5. The zero-order chi connectivity index (χ0) is 21.4. The van der Waals surface area contributed by atoms with Crippen molar-refractivity contribution in [1.82, 2.24) is 25.0 Å². The molecule has 1 aromatic carbocycles. The Balaban J connectivity index is 1.80. The Labute approximate surface area is 169 Å². The van der Waals surface area contributed by atoms with Gasteiger partial charge in [-0.1, -0.05) is 11.1 Å². The van der Waals surface area contributed by atoms with E-state index in [1.807, 2.05) is 19.1 Å². The van der Waals surface area contributed by atoms with Gasteiger partial charge in [0, 0.05) is 21.9 Å². The number of fused-ring (bicyclic) bond motifs is 1. The van der Waals surface area contributed by atoms with Crippen LogP contribution in [0.25, 0.3) is 0 Å². The molecule has 12 heteroatoms. The Bertz CT molecular complexity index is 1220.